The third kappa shape index (κ3) is 5.84. The highest BCUT2D eigenvalue weighted by atomic mass is 32.2. The van der Waals surface area contributed by atoms with E-state index in [0.717, 1.165) is 38.8 Å². The number of sulfonamides is 1. The molecule has 2 aromatic heterocycles. The second-order valence-electron chi connectivity index (χ2n) is 10.2. The van der Waals surface area contributed by atoms with Crippen LogP contribution in [0.1, 0.15) is 63.7 Å². The minimum Gasteiger partial charge on any atom is -0.354 e. The van der Waals surface area contributed by atoms with Crippen molar-refractivity contribution in [2.24, 2.45) is 5.92 Å². The molecule has 2 aliphatic heterocycles. The largest absolute Gasteiger partial charge is 0.354 e. The number of hydrogen-bond acceptors (Lipinski definition) is 7. The summed E-state index contributed by atoms with van der Waals surface area (Å²) in [6.45, 7) is 9.41. The third-order valence-electron chi connectivity index (χ3n) is 7.62. The van der Waals surface area contributed by atoms with Gasteiger partial charge in [0, 0.05) is 37.1 Å². The lowest BCUT2D eigenvalue weighted by Gasteiger charge is -2.35. The Bertz CT molecular complexity index is 1230. The van der Waals surface area contributed by atoms with E-state index in [1.807, 2.05) is 0 Å². The molecule has 0 unspecified atom stereocenters. The minimum atomic E-state index is -3.82. The van der Waals surface area contributed by atoms with Gasteiger partial charge in [-0.2, -0.15) is 4.31 Å². The molecule has 4 heterocycles. The minimum absolute atomic E-state index is 0.0521. The van der Waals surface area contributed by atoms with E-state index in [0.29, 0.717) is 41.3 Å². The summed E-state index contributed by atoms with van der Waals surface area (Å²) in [5, 5.41) is 3.01. The molecule has 0 aliphatic carbocycles. The average Bonchev–Trinajstić information content (AvgIpc) is 3.21. The average molecular weight is 538 g/mol. The van der Waals surface area contributed by atoms with Crippen molar-refractivity contribution < 1.29 is 13.2 Å². The zero-order chi connectivity index (χ0) is 25.9. The number of thiophene rings is 1. The number of nitrogens with zero attached hydrogens (tertiary/aromatic N) is 4. The summed E-state index contributed by atoms with van der Waals surface area (Å²) < 4.78 is 29.7. The molecule has 0 aromatic carbocycles. The van der Waals surface area contributed by atoms with Crippen LogP contribution in [0, 0.1) is 12.8 Å². The van der Waals surface area contributed by atoms with E-state index in [9.17, 15) is 18.0 Å². The van der Waals surface area contributed by atoms with E-state index in [2.05, 4.69) is 29.0 Å². The molecule has 1 atom stereocenters. The Morgan fingerprint density at radius 3 is 2.67 bits per heavy atom. The van der Waals surface area contributed by atoms with E-state index in [4.69, 9.17) is 0 Å². The topological polar surface area (TPSA) is 105 Å². The van der Waals surface area contributed by atoms with E-state index in [-0.39, 0.29) is 22.7 Å². The molecule has 2 fully saturated rings. The van der Waals surface area contributed by atoms with Crippen LogP contribution in [-0.4, -0.2) is 71.8 Å². The first kappa shape index (κ1) is 27.2. The molecule has 2 aromatic rings. The highest BCUT2D eigenvalue weighted by Crippen LogP contribution is 2.34. The fourth-order valence-corrected chi connectivity index (χ4v) is 8.56. The van der Waals surface area contributed by atoms with E-state index in [1.54, 1.807) is 6.92 Å². The Morgan fingerprint density at radius 2 is 1.94 bits per heavy atom. The maximum Gasteiger partial charge on any atom is 0.263 e. The number of carbonyl (C=O) groups is 1. The van der Waals surface area contributed by atoms with E-state index in [1.165, 1.54) is 45.8 Å². The molecule has 36 heavy (non-hydrogen) atoms. The molecule has 2 saturated heterocycles. The van der Waals surface area contributed by atoms with Gasteiger partial charge in [0.25, 0.3) is 5.56 Å². The number of rotatable bonds is 9. The van der Waals surface area contributed by atoms with Gasteiger partial charge >= 0.3 is 0 Å². The van der Waals surface area contributed by atoms with Crippen LogP contribution in [-0.2, 0) is 21.4 Å². The molecular weight excluding hydrogens is 498 g/mol. The van der Waals surface area contributed by atoms with Crippen molar-refractivity contribution in [3.8, 4) is 0 Å². The molecule has 0 spiro atoms. The lowest BCUT2D eigenvalue weighted by Crippen LogP contribution is -2.41. The molecular formula is C25H39N5O4S2. The SMILES string of the molecule is CC[C@@H]1CCCCN1CCCNC(=O)Cn1cnc2sc(C)c(S(=O)(=O)N3CCC(C)CC3)c2c1=O. The number of aromatic nitrogens is 2. The van der Waals surface area contributed by atoms with Gasteiger partial charge in [0.15, 0.2) is 0 Å². The Hall–Kier alpha value is -1.82. The lowest BCUT2D eigenvalue weighted by molar-refractivity contribution is -0.121. The highest BCUT2D eigenvalue weighted by molar-refractivity contribution is 7.89. The zero-order valence-corrected chi connectivity index (χ0v) is 23.3. The second kappa shape index (κ2) is 11.7. The number of piperidine rings is 2. The van der Waals surface area contributed by atoms with E-state index >= 15 is 0 Å². The first-order valence-corrected chi connectivity index (χ1v) is 15.5. The van der Waals surface area contributed by atoms with Crippen LogP contribution >= 0.6 is 11.3 Å². The molecule has 11 heteroatoms. The van der Waals surface area contributed by atoms with Crippen molar-refractivity contribution in [2.75, 3.05) is 32.7 Å². The molecule has 1 N–H and O–H groups in total. The summed E-state index contributed by atoms with van der Waals surface area (Å²) in [6.07, 6.45) is 8.74. The molecule has 1 amide bonds. The molecule has 200 valence electrons. The number of aryl methyl sites for hydroxylation is 1. The summed E-state index contributed by atoms with van der Waals surface area (Å²) in [4.78, 5) is 33.8. The van der Waals surface area contributed by atoms with Gasteiger partial charge in [0.2, 0.25) is 15.9 Å². The van der Waals surface area contributed by atoms with Crippen molar-refractivity contribution >= 4 is 37.5 Å². The summed E-state index contributed by atoms with van der Waals surface area (Å²) in [6, 6.07) is 0.638. The van der Waals surface area contributed by atoms with Crippen molar-refractivity contribution in [3.05, 3.63) is 21.6 Å². The van der Waals surface area contributed by atoms with Gasteiger partial charge in [0.1, 0.15) is 16.3 Å². The predicted octanol–water partition coefficient (Wildman–Crippen LogP) is 2.96. The van der Waals surface area contributed by atoms with Gasteiger partial charge in [-0.1, -0.05) is 20.3 Å². The van der Waals surface area contributed by atoms with Crippen LogP contribution in [0.2, 0.25) is 0 Å². The summed E-state index contributed by atoms with van der Waals surface area (Å²) >= 11 is 1.21. The van der Waals surface area contributed by atoms with Gasteiger partial charge in [-0.15, -0.1) is 11.3 Å². The van der Waals surface area contributed by atoms with Crippen LogP contribution in [0.3, 0.4) is 0 Å². The van der Waals surface area contributed by atoms with Crippen LogP contribution in [0.5, 0.6) is 0 Å². The van der Waals surface area contributed by atoms with Crippen LogP contribution in [0.4, 0.5) is 0 Å². The summed E-state index contributed by atoms with van der Waals surface area (Å²) in [7, 11) is -3.82. The normalized spacial score (nSPS) is 20.7. The Morgan fingerprint density at radius 1 is 1.19 bits per heavy atom. The summed E-state index contributed by atoms with van der Waals surface area (Å²) in [5.41, 5.74) is -0.484. The molecule has 2 aliphatic rings. The first-order valence-electron chi connectivity index (χ1n) is 13.2. The fourth-order valence-electron chi connectivity index (χ4n) is 5.43. The maximum atomic E-state index is 13.5. The first-order chi connectivity index (χ1) is 17.2. The van der Waals surface area contributed by atoms with Gasteiger partial charge < -0.3 is 10.2 Å². The maximum absolute atomic E-state index is 13.5. The zero-order valence-electron chi connectivity index (χ0n) is 21.7. The van der Waals surface area contributed by atoms with Gasteiger partial charge in [-0.3, -0.25) is 14.2 Å². The lowest BCUT2D eigenvalue weighted by atomic mass is 10.00. The van der Waals surface area contributed by atoms with Gasteiger partial charge in [0.05, 0.1) is 11.7 Å². The Labute approximate surface area is 217 Å². The quantitative estimate of drug-likeness (QED) is 0.493. The number of nitrogens with one attached hydrogen (secondary N) is 1. The smallest absolute Gasteiger partial charge is 0.263 e. The van der Waals surface area contributed by atoms with Crippen LogP contribution in [0.15, 0.2) is 16.0 Å². The predicted molar refractivity (Wildman–Crippen MR) is 143 cm³/mol. The van der Waals surface area contributed by atoms with Gasteiger partial charge in [-0.25, -0.2) is 13.4 Å². The number of hydrogen-bond donors (Lipinski definition) is 1. The van der Waals surface area contributed by atoms with Crippen LogP contribution < -0.4 is 10.9 Å². The molecule has 0 radical (unpaired) electrons. The van der Waals surface area contributed by atoms with Crippen molar-refractivity contribution in [1.29, 1.82) is 0 Å². The van der Waals surface area contributed by atoms with Crippen molar-refractivity contribution in [1.82, 2.24) is 24.1 Å². The van der Waals surface area contributed by atoms with Crippen molar-refractivity contribution in [3.63, 3.8) is 0 Å². The van der Waals surface area contributed by atoms with Crippen LogP contribution in [0.25, 0.3) is 10.2 Å². The number of carbonyl (C=O) groups excluding carboxylic acids is 1. The third-order valence-corrected chi connectivity index (χ3v) is 10.8. The molecule has 0 saturated carbocycles. The Balaban J connectivity index is 1.43. The standard InChI is InChI=1S/C25H39N5O4S2/c1-4-20-8-5-6-12-28(20)13-7-11-26-21(31)16-29-17-27-24-22(25(29)32)23(19(3)35-24)36(33,34)30-14-9-18(2)10-15-30/h17-18,20H,4-16H2,1-3H3,(H,26,31)/t20-/m1/s1. The molecule has 9 nitrogen and oxygen atoms in total. The fraction of sp³-hybridized carbons (Fsp3) is 0.720. The van der Waals surface area contributed by atoms with Gasteiger partial charge in [-0.05, 0) is 57.9 Å². The molecule has 4 rings (SSSR count). The highest BCUT2D eigenvalue weighted by Gasteiger charge is 2.33. The van der Waals surface area contributed by atoms with E-state index < -0.39 is 15.6 Å². The number of likely N-dealkylation sites (tertiary alicyclic amines) is 1. The monoisotopic (exact) mass is 537 g/mol. The Kier molecular flexibility index (Phi) is 8.85. The van der Waals surface area contributed by atoms with Crippen molar-refractivity contribution in [2.45, 2.75) is 83.2 Å². The molecule has 0 bridgehead atoms. The number of fused-ring (bicyclic) bond motifs is 1. The summed E-state index contributed by atoms with van der Waals surface area (Å²) in [5.74, 6) is 0.215. The number of amides is 1. The second-order valence-corrected chi connectivity index (χ2v) is 13.3.